The smallest absolute Gasteiger partial charge is 0.254 e. The lowest BCUT2D eigenvalue weighted by atomic mass is 9.90. The van der Waals surface area contributed by atoms with E-state index in [1.807, 2.05) is 40.5 Å². The maximum atomic E-state index is 13.1. The van der Waals surface area contributed by atoms with Crippen LogP contribution in [0.15, 0.2) is 24.3 Å². The van der Waals surface area contributed by atoms with E-state index in [-0.39, 0.29) is 11.8 Å². The molecule has 0 radical (unpaired) electrons. The van der Waals surface area contributed by atoms with Crippen molar-refractivity contribution in [2.75, 3.05) is 19.6 Å². The van der Waals surface area contributed by atoms with Crippen LogP contribution in [0.5, 0.6) is 0 Å². The number of hydrogen-bond donors (Lipinski definition) is 0. The van der Waals surface area contributed by atoms with Crippen molar-refractivity contribution in [3.05, 3.63) is 52.3 Å². The summed E-state index contributed by atoms with van der Waals surface area (Å²) < 4.78 is 2.00. The van der Waals surface area contributed by atoms with Gasteiger partial charge in [-0.3, -0.25) is 14.3 Å². The minimum absolute atomic E-state index is 0.0619. The van der Waals surface area contributed by atoms with Crippen molar-refractivity contribution < 1.29 is 9.59 Å². The first-order valence-corrected chi connectivity index (χ1v) is 11.5. The molecule has 0 N–H and O–H groups in total. The Kier molecular flexibility index (Phi) is 7.52. The molecule has 0 unspecified atom stereocenters. The van der Waals surface area contributed by atoms with Gasteiger partial charge in [-0.15, -0.1) is 0 Å². The molecule has 168 valence electrons. The number of aromatic nitrogens is 2. The molecule has 1 aromatic carbocycles. The highest BCUT2D eigenvalue weighted by Gasteiger charge is 2.22. The molecular weight excluding hydrogens is 388 g/mol. The number of nitrogens with zero attached hydrogens (tertiary/aromatic N) is 4. The second-order valence-corrected chi connectivity index (χ2v) is 8.63. The number of hydrogen-bond acceptors (Lipinski definition) is 3. The topological polar surface area (TPSA) is 58.4 Å². The summed E-state index contributed by atoms with van der Waals surface area (Å²) in [7, 11) is 0. The van der Waals surface area contributed by atoms with Gasteiger partial charge >= 0.3 is 0 Å². The van der Waals surface area contributed by atoms with Crippen molar-refractivity contribution in [1.82, 2.24) is 19.6 Å². The van der Waals surface area contributed by atoms with E-state index in [4.69, 9.17) is 0 Å². The van der Waals surface area contributed by atoms with E-state index in [9.17, 15) is 9.59 Å². The molecule has 1 aromatic heterocycles. The van der Waals surface area contributed by atoms with Crippen molar-refractivity contribution in [3.63, 3.8) is 0 Å². The zero-order valence-electron chi connectivity index (χ0n) is 19.6. The average Bonchev–Trinajstić information content (AvgIpc) is 3.05. The highest BCUT2D eigenvalue weighted by molar-refractivity contribution is 5.94. The number of likely N-dealkylation sites (tertiary alicyclic amines) is 1. The highest BCUT2D eigenvalue weighted by atomic mass is 16.2. The number of carbonyl (C=O) groups excluding carboxylic acids is 2. The number of benzene rings is 1. The Hall–Kier alpha value is -2.63. The number of aryl methyl sites for hydroxylation is 2. The average molecular weight is 425 g/mol. The third-order valence-corrected chi connectivity index (χ3v) is 6.63. The molecule has 6 nitrogen and oxygen atoms in total. The normalized spacial score (nSPS) is 14.7. The molecule has 0 saturated carbocycles. The van der Waals surface area contributed by atoms with Crippen molar-refractivity contribution in [2.24, 2.45) is 5.92 Å². The Morgan fingerprint density at radius 2 is 1.74 bits per heavy atom. The predicted molar refractivity (Wildman–Crippen MR) is 123 cm³/mol. The Bertz CT molecular complexity index is 908. The summed E-state index contributed by atoms with van der Waals surface area (Å²) in [4.78, 5) is 28.5. The minimum Gasteiger partial charge on any atom is -0.343 e. The highest BCUT2D eigenvalue weighted by Crippen LogP contribution is 2.23. The van der Waals surface area contributed by atoms with Gasteiger partial charge < -0.3 is 9.80 Å². The van der Waals surface area contributed by atoms with E-state index >= 15 is 0 Å². The largest absolute Gasteiger partial charge is 0.343 e. The first-order valence-electron chi connectivity index (χ1n) is 11.5. The van der Waals surface area contributed by atoms with Crippen molar-refractivity contribution >= 4 is 11.8 Å². The molecule has 0 aliphatic carbocycles. The summed E-state index contributed by atoms with van der Waals surface area (Å²) in [5, 5.41) is 4.59. The summed E-state index contributed by atoms with van der Waals surface area (Å²) in [6, 6.07) is 8.09. The second kappa shape index (κ2) is 10.1. The number of amides is 2. The van der Waals surface area contributed by atoms with Crippen LogP contribution in [0.1, 0.15) is 66.5 Å². The summed E-state index contributed by atoms with van der Waals surface area (Å²) in [6.45, 7) is 13.6. The quantitative estimate of drug-likeness (QED) is 0.675. The van der Waals surface area contributed by atoms with Gasteiger partial charge in [-0.2, -0.15) is 5.10 Å². The van der Waals surface area contributed by atoms with Crippen LogP contribution >= 0.6 is 0 Å². The Labute approximate surface area is 186 Å². The molecule has 2 amide bonds. The van der Waals surface area contributed by atoms with E-state index in [1.165, 1.54) is 5.56 Å². The number of piperidine rings is 1. The first-order chi connectivity index (χ1) is 14.8. The van der Waals surface area contributed by atoms with E-state index in [0.29, 0.717) is 19.0 Å². The minimum atomic E-state index is 0.0619. The van der Waals surface area contributed by atoms with Gasteiger partial charge in [0.15, 0.2) is 0 Å². The summed E-state index contributed by atoms with van der Waals surface area (Å²) in [5.74, 6) is 0.839. The van der Waals surface area contributed by atoms with Crippen LogP contribution in [0.2, 0.25) is 0 Å². The van der Waals surface area contributed by atoms with Crippen molar-refractivity contribution in [2.45, 2.75) is 67.0 Å². The Balaban J connectivity index is 1.62. The molecule has 31 heavy (non-hydrogen) atoms. The molecule has 1 saturated heterocycles. The predicted octanol–water partition coefficient (Wildman–Crippen LogP) is 3.98. The molecule has 1 fully saturated rings. The van der Waals surface area contributed by atoms with Crippen LogP contribution in [0, 0.1) is 19.8 Å². The number of carbonyl (C=O) groups is 2. The molecule has 2 aromatic rings. The maximum absolute atomic E-state index is 13.1. The lowest BCUT2D eigenvalue weighted by molar-refractivity contribution is -0.130. The van der Waals surface area contributed by atoms with Crippen LogP contribution in [0.25, 0.3) is 0 Å². The van der Waals surface area contributed by atoms with Gasteiger partial charge in [0.1, 0.15) is 0 Å². The van der Waals surface area contributed by atoms with Crippen LogP contribution in [0.4, 0.5) is 0 Å². The fraction of sp³-hybridized carbons (Fsp3) is 0.560. The molecule has 0 bridgehead atoms. The van der Waals surface area contributed by atoms with Gasteiger partial charge in [-0.25, -0.2) is 0 Å². The fourth-order valence-electron chi connectivity index (χ4n) is 4.54. The SMILES string of the molecule is CCN(Cc1c(C)nn(CC)c1C)C(=O)c1ccc(CC2CCN(C(C)=O)CC2)cc1. The molecule has 6 heteroatoms. The zero-order valence-corrected chi connectivity index (χ0v) is 19.6. The second-order valence-electron chi connectivity index (χ2n) is 8.63. The molecule has 3 rings (SSSR count). The van der Waals surface area contributed by atoms with Gasteiger partial charge in [0, 0.05) is 56.5 Å². The summed E-state index contributed by atoms with van der Waals surface area (Å²) in [5.41, 5.74) is 5.27. The monoisotopic (exact) mass is 424 g/mol. The summed E-state index contributed by atoms with van der Waals surface area (Å²) >= 11 is 0. The van der Waals surface area contributed by atoms with E-state index in [1.54, 1.807) is 6.92 Å². The van der Waals surface area contributed by atoms with E-state index in [2.05, 4.69) is 31.1 Å². The first kappa shape index (κ1) is 23.0. The van der Waals surface area contributed by atoms with Gasteiger partial charge in [0.2, 0.25) is 5.91 Å². The van der Waals surface area contributed by atoms with E-state index < -0.39 is 0 Å². The zero-order chi connectivity index (χ0) is 22.5. The van der Waals surface area contributed by atoms with E-state index in [0.717, 1.165) is 61.4 Å². The standard InChI is InChI=1S/C25H36N4O2/c1-6-27(17-24-18(3)26-29(7-2)19(24)4)25(31)23-10-8-21(9-11-23)16-22-12-14-28(15-13-22)20(5)30/h8-11,22H,6-7,12-17H2,1-5H3. The number of rotatable bonds is 7. The van der Waals surface area contributed by atoms with Crippen LogP contribution < -0.4 is 0 Å². The van der Waals surface area contributed by atoms with Crippen LogP contribution in [0.3, 0.4) is 0 Å². The Morgan fingerprint density at radius 1 is 1.10 bits per heavy atom. The molecular formula is C25H36N4O2. The lowest BCUT2D eigenvalue weighted by Gasteiger charge is -2.31. The van der Waals surface area contributed by atoms with Gasteiger partial charge in [-0.05, 0) is 70.6 Å². The third-order valence-electron chi connectivity index (χ3n) is 6.63. The van der Waals surface area contributed by atoms with Gasteiger partial charge in [-0.1, -0.05) is 12.1 Å². The van der Waals surface area contributed by atoms with Crippen LogP contribution in [-0.2, 0) is 24.3 Å². The molecule has 1 aliphatic heterocycles. The van der Waals surface area contributed by atoms with Crippen molar-refractivity contribution in [3.8, 4) is 0 Å². The summed E-state index contributed by atoms with van der Waals surface area (Å²) in [6.07, 6.45) is 3.11. The lowest BCUT2D eigenvalue weighted by Crippen LogP contribution is -2.37. The molecule has 0 spiro atoms. The van der Waals surface area contributed by atoms with Crippen molar-refractivity contribution in [1.29, 1.82) is 0 Å². The molecule has 0 atom stereocenters. The van der Waals surface area contributed by atoms with Gasteiger partial charge in [0.25, 0.3) is 5.91 Å². The fourth-order valence-corrected chi connectivity index (χ4v) is 4.54. The molecule has 2 heterocycles. The molecule has 1 aliphatic rings. The van der Waals surface area contributed by atoms with Gasteiger partial charge in [0.05, 0.1) is 5.69 Å². The third kappa shape index (κ3) is 5.35. The maximum Gasteiger partial charge on any atom is 0.254 e. The Morgan fingerprint density at radius 3 is 2.26 bits per heavy atom. The van der Waals surface area contributed by atoms with Crippen LogP contribution in [-0.4, -0.2) is 51.0 Å².